The molecule has 0 radical (unpaired) electrons. The van der Waals surface area contributed by atoms with Crippen molar-refractivity contribution in [1.82, 2.24) is 9.88 Å². The summed E-state index contributed by atoms with van der Waals surface area (Å²) < 4.78 is 17.7. The Morgan fingerprint density at radius 2 is 2.19 bits per heavy atom. The van der Waals surface area contributed by atoms with E-state index in [2.05, 4.69) is 28.9 Å². The summed E-state index contributed by atoms with van der Waals surface area (Å²) in [5.74, 6) is 0.913. The van der Waals surface area contributed by atoms with Crippen molar-refractivity contribution in [2.75, 3.05) is 26.8 Å². The molecule has 2 aromatic rings. The molecule has 144 valence electrons. The highest BCUT2D eigenvalue weighted by Crippen LogP contribution is 2.36. The molecule has 0 aliphatic carbocycles. The Kier molecular flexibility index (Phi) is 5.43. The number of hydrogen-bond donors (Lipinski definition) is 0. The second-order valence-electron chi connectivity index (χ2n) is 7.76. The van der Waals surface area contributed by atoms with Gasteiger partial charge in [-0.25, -0.2) is 0 Å². The summed E-state index contributed by atoms with van der Waals surface area (Å²) in [5.41, 5.74) is 3.65. The third-order valence-electron chi connectivity index (χ3n) is 5.63. The monoisotopic (exact) mass is 368 g/mol. The van der Waals surface area contributed by atoms with E-state index in [0.717, 1.165) is 44.8 Å². The van der Waals surface area contributed by atoms with E-state index in [1.54, 1.807) is 7.11 Å². The maximum absolute atomic E-state index is 6.21. The maximum Gasteiger partial charge on any atom is 0.119 e. The molecular weight excluding hydrogens is 340 g/mol. The van der Waals surface area contributed by atoms with E-state index >= 15 is 0 Å². The van der Waals surface area contributed by atoms with Crippen LogP contribution in [-0.2, 0) is 22.6 Å². The second-order valence-corrected chi connectivity index (χ2v) is 7.76. The number of likely N-dealkylation sites (tertiary alicyclic amines) is 1. The third kappa shape index (κ3) is 4.32. The molecule has 5 heteroatoms. The van der Waals surface area contributed by atoms with E-state index in [-0.39, 0.29) is 11.7 Å². The van der Waals surface area contributed by atoms with Gasteiger partial charge in [0, 0.05) is 45.1 Å². The SMILES string of the molecule is COc1cccc(CN2CC3(C[C@@H](OCc4cnccc4C)CCO3)C2)c1. The first-order chi connectivity index (χ1) is 13.2. The molecule has 0 N–H and O–H groups in total. The summed E-state index contributed by atoms with van der Waals surface area (Å²) >= 11 is 0. The predicted octanol–water partition coefficient (Wildman–Crippen LogP) is 3.35. The number of aromatic nitrogens is 1. The number of hydrogen-bond acceptors (Lipinski definition) is 5. The lowest BCUT2D eigenvalue weighted by Gasteiger charge is -2.53. The van der Waals surface area contributed by atoms with E-state index in [1.165, 1.54) is 16.7 Å². The van der Waals surface area contributed by atoms with Gasteiger partial charge in [0.15, 0.2) is 0 Å². The van der Waals surface area contributed by atoms with Crippen molar-refractivity contribution in [1.29, 1.82) is 0 Å². The van der Waals surface area contributed by atoms with Crippen LogP contribution < -0.4 is 4.74 Å². The Morgan fingerprint density at radius 1 is 1.30 bits per heavy atom. The molecule has 0 amide bonds. The lowest BCUT2D eigenvalue weighted by atomic mass is 9.84. The first-order valence-corrected chi connectivity index (χ1v) is 9.66. The van der Waals surface area contributed by atoms with Gasteiger partial charge in [-0.3, -0.25) is 9.88 Å². The number of ether oxygens (including phenoxy) is 3. The topological polar surface area (TPSA) is 43.8 Å². The van der Waals surface area contributed by atoms with Crippen molar-refractivity contribution in [3.63, 3.8) is 0 Å². The third-order valence-corrected chi connectivity index (χ3v) is 5.63. The molecule has 5 nitrogen and oxygen atoms in total. The van der Waals surface area contributed by atoms with E-state index in [9.17, 15) is 0 Å². The van der Waals surface area contributed by atoms with Crippen LogP contribution in [0.25, 0.3) is 0 Å². The van der Waals surface area contributed by atoms with Gasteiger partial charge >= 0.3 is 0 Å². The van der Waals surface area contributed by atoms with E-state index in [1.807, 2.05) is 30.6 Å². The Balaban J connectivity index is 1.28. The Labute approximate surface area is 161 Å². The second kappa shape index (κ2) is 7.97. The van der Waals surface area contributed by atoms with Gasteiger partial charge in [-0.15, -0.1) is 0 Å². The van der Waals surface area contributed by atoms with Crippen molar-refractivity contribution in [2.45, 2.75) is 44.6 Å². The zero-order chi connectivity index (χ0) is 18.7. The minimum atomic E-state index is -0.0359. The van der Waals surface area contributed by atoms with E-state index in [0.29, 0.717) is 6.61 Å². The fourth-order valence-electron chi connectivity index (χ4n) is 4.11. The van der Waals surface area contributed by atoms with Gasteiger partial charge in [0.25, 0.3) is 0 Å². The van der Waals surface area contributed by atoms with Gasteiger partial charge in [0.2, 0.25) is 0 Å². The first kappa shape index (κ1) is 18.4. The van der Waals surface area contributed by atoms with Crippen LogP contribution in [-0.4, -0.2) is 48.4 Å². The molecule has 0 bridgehead atoms. The number of aryl methyl sites for hydroxylation is 1. The van der Waals surface area contributed by atoms with Crippen molar-refractivity contribution >= 4 is 0 Å². The highest BCUT2D eigenvalue weighted by atomic mass is 16.5. The highest BCUT2D eigenvalue weighted by molar-refractivity contribution is 5.28. The molecule has 27 heavy (non-hydrogen) atoms. The van der Waals surface area contributed by atoms with Crippen molar-refractivity contribution in [3.8, 4) is 5.75 Å². The van der Waals surface area contributed by atoms with Crippen molar-refractivity contribution in [3.05, 3.63) is 59.4 Å². The number of nitrogens with zero attached hydrogens (tertiary/aromatic N) is 2. The molecule has 2 saturated heterocycles. The summed E-state index contributed by atoms with van der Waals surface area (Å²) in [6, 6.07) is 10.3. The van der Waals surface area contributed by atoms with Crippen LogP contribution in [0.1, 0.15) is 29.5 Å². The quantitative estimate of drug-likeness (QED) is 0.782. The van der Waals surface area contributed by atoms with Gasteiger partial charge in [-0.2, -0.15) is 0 Å². The average Bonchev–Trinajstić information content (AvgIpc) is 2.67. The average molecular weight is 368 g/mol. The normalized spacial score (nSPS) is 21.8. The van der Waals surface area contributed by atoms with Crippen LogP contribution in [0.4, 0.5) is 0 Å². The fourth-order valence-corrected chi connectivity index (χ4v) is 4.11. The maximum atomic E-state index is 6.21. The van der Waals surface area contributed by atoms with Crippen LogP contribution in [0.5, 0.6) is 5.75 Å². The first-order valence-electron chi connectivity index (χ1n) is 9.66. The Bertz CT molecular complexity index is 774. The van der Waals surface area contributed by atoms with Crippen LogP contribution in [0.15, 0.2) is 42.7 Å². The fraction of sp³-hybridized carbons (Fsp3) is 0.500. The molecular formula is C22H28N2O3. The van der Waals surface area contributed by atoms with Crippen molar-refractivity contribution in [2.24, 2.45) is 0 Å². The molecule has 0 unspecified atom stereocenters. The molecule has 1 spiro atoms. The minimum Gasteiger partial charge on any atom is -0.497 e. The molecule has 1 aromatic carbocycles. The molecule has 1 aromatic heterocycles. The lowest BCUT2D eigenvalue weighted by molar-refractivity contribution is -0.200. The van der Waals surface area contributed by atoms with Crippen LogP contribution in [0, 0.1) is 6.92 Å². The summed E-state index contributed by atoms with van der Waals surface area (Å²) in [6.07, 6.45) is 5.94. The molecule has 2 fully saturated rings. The summed E-state index contributed by atoms with van der Waals surface area (Å²) in [6.45, 7) is 6.39. The van der Waals surface area contributed by atoms with Gasteiger partial charge in [0.1, 0.15) is 5.75 Å². The molecule has 0 saturated carbocycles. The lowest BCUT2D eigenvalue weighted by Crippen LogP contribution is -2.65. The standard InChI is InChI=1S/C22H28N2O3/c1-17-6-8-23-12-19(17)14-26-21-7-9-27-22(11-21)15-24(16-22)13-18-4-3-5-20(10-18)25-2/h3-6,8,10,12,21H,7,9,11,13-16H2,1-2H3/t21-/m0/s1. The zero-order valence-electron chi connectivity index (χ0n) is 16.2. The highest BCUT2D eigenvalue weighted by Gasteiger charge is 2.47. The van der Waals surface area contributed by atoms with Gasteiger partial charge in [0.05, 0.1) is 25.4 Å². The summed E-state index contributed by atoms with van der Waals surface area (Å²) in [7, 11) is 1.71. The van der Waals surface area contributed by atoms with Gasteiger partial charge in [-0.05, 0) is 48.2 Å². The smallest absolute Gasteiger partial charge is 0.119 e. The molecule has 2 aliphatic heterocycles. The predicted molar refractivity (Wildman–Crippen MR) is 104 cm³/mol. The number of benzene rings is 1. The molecule has 1 atom stereocenters. The molecule has 4 rings (SSSR count). The number of pyridine rings is 1. The van der Waals surface area contributed by atoms with Crippen LogP contribution >= 0.6 is 0 Å². The Morgan fingerprint density at radius 3 is 3.00 bits per heavy atom. The van der Waals surface area contributed by atoms with Gasteiger partial charge < -0.3 is 14.2 Å². The summed E-state index contributed by atoms with van der Waals surface area (Å²) in [5, 5.41) is 0. The minimum absolute atomic E-state index is 0.0359. The number of rotatable bonds is 6. The summed E-state index contributed by atoms with van der Waals surface area (Å²) in [4.78, 5) is 6.64. The zero-order valence-corrected chi connectivity index (χ0v) is 16.2. The van der Waals surface area contributed by atoms with Gasteiger partial charge in [-0.1, -0.05) is 12.1 Å². The van der Waals surface area contributed by atoms with E-state index in [4.69, 9.17) is 14.2 Å². The van der Waals surface area contributed by atoms with E-state index < -0.39 is 0 Å². The molecule has 3 heterocycles. The van der Waals surface area contributed by atoms with Crippen molar-refractivity contribution < 1.29 is 14.2 Å². The Hall–Kier alpha value is -1.95. The largest absolute Gasteiger partial charge is 0.497 e. The molecule has 2 aliphatic rings. The van der Waals surface area contributed by atoms with Crippen LogP contribution in [0.3, 0.4) is 0 Å². The van der Waals surface area contributed by atoms with Crippen LogP contribution in [0.2, 0.25) is 0 Å². The number of methoxy groups -OCH3 is 1.